The summed E-state index contributed by atoms with van der Waals surface area (Å²) < 4.78 is 0. The first-order valence-corrected chi connectivity index (χ1v) is 8.21. The molecule has 0 aliphatic carbocycles. The average Bonchev–Trinajstić information content (AvgIpc) is 2.61. The highest BCUT2D eigenvalue weighted by atomic mass is 16.2. The van der Waals surface area contributed by atoms with Gasteiger partial charge in [0.2, 0.25) is 0 Å². The number of nitrogens with zero attached hydrogens (tertiary/aromatic N) is 3. The Hall–Kier alpha value is -2.43. The smallest absolute Gasteiger partial charge is 0.274 e. The molecule has 0 unspecified atom stereocenters. The molecule has 1 N–H and O–H groups in total. The first kappa shape index (κ1) is 15.5. The van der Waals surface area contributed by atoms with Crippen molar-refractivity contribution in [1.82, 2.24) is 15.1 Å². The summed E-state index contributed by atoms with van der Waals surface area (Å²) in [6.45, 7) is 4.40. The Bertz CT molecular complexity index is 669. The standard InChI is InChI=1S/C18H22N4O/c1-2-3-11-19-17-9-8-16(20-21-17)18(23)22-12-10-14-6-4-5-7-15(14)13-22/h4-9H,2-3,10-13H2,1H3,(H,19,21). The topological polar surface area (TPSA) is 58.1 Å². The third-order valence-corrected chi connectivity index (χ3v) is 4.14. The van der Waals surface area contributed by atoms with Crippen molar-refractivity contribution in [3.05, 3.63) is 53.2 Å². The predicted octanol–water partition coefficient (Wildman–Crippen LogP) is 2.89. The summed E-state index contributed by atoms with van der Waals surface area (Å²) in [6, 6.07) is 11.9. The molecule has 0 radical (unpaired) electrons. The van der Waals surface area contributed by atoms with Crippen LogP contribution in [0.15, 0.2) is 36.4 Å². The number of amides is 1. The van der Waals surface area contributed by atoms with Crippen LogP contribution in [0.25, 0.3) is 0 Å². The van der Waals surface area contributed by atoms with Gasteiger partial charge < -0.3 is 10.2 Å². The Kier molecular flexibility index (Phi) is 4.86. The van der Waals surface area contributed by atoms with Gasteiger partial charge >= 0.3 is 0 Å². The normalized spacial score (nSPS) is 13.5. The number of rotatable bonds is 5. The second-order valence-corrected chi connectivity index (χ2v) is 5.83. The van der Waals surface area contributed by atoms with Gasteiger partial charge in [0.05, 0.1) is 0 Å². The van der Waals surface area contributed by atoms with E-state index in [1.807, 2.05) is 23.1 Å². The van der Waals surface area contributed by atoms with E-state index >= 15 is 0 Å². The molecule has 0 atom stereocenters. The number of fused-ring (bicyclic) bond motifs is 1. The van der Waals surface area contributed by atoms with E-state index in [1.165, 1.54) is 11.1 Å². The molecule has 0 fully saturated rings. The van der Waals surface area contributed by atoms with Crippen molar-refractivity contribution in [2.45, 2.75) is 32.7 Å². The SMILES string of the molecule is CCCCNc1ccc(C(=O)N2CCc3ccccc3C2)nn1. The lowest BCUT2D eigenvalue weighted by Gasteiger charge is -2.28. The van der Waals surface area contributed by atoms with E-state index in [0.717, 1.165) is 38.2 Å². The Morgan fingerprint density at radius 3 is 2.74 bits per heavy atom. The average molecular weight is 310 g/mol. The van der Waals surface area contributed by atoms with Gasteiger partial charge in [-0.3, -0.25) is 4.79 Å². The van der Waals surface area contributed by atoms with Crippen LogP contribution < -0.4 is 5.32 Å². The van der Waals surface area contributed by atoms with Crippen molar-refractivity contribution < 1.29 is 4.79 Å². The van der Waals surface area contributed by atoms with E-state index in [-0.39, 0.29) is 5.91 Å². The van der Waals surface area contributed by atoms with Gasteiger partial charge in [0.1, 0.15) is 5.82 Å². The molecule has 0 bridgehead atoms. The fourth-order valence-electron chi connectivity index (χ4n) is 2.76. The number of hydrogen-bond donors (Lipinski definition) is 1. The van der Waals surface area contributed by atoms with E-state index in [4.69, 9.17) is 0 Å². The van der Waals surface area contributed by atoms with Gasteiger partial charge in [-0.1, -0.05) is 37.6 Å². The molecule has 0 saturated heterocycles. The molecular formula is C18H22N4O. The highest BCUT2D eigenvalue weighted by Gasteiger charge is 2.22. The summed E-state index contributed by atoms with van der Waals surface area (Å²) in [5.74, 6) is 0.672. The molecular weight excluding hydrogens is 288 g/mol. The second-order valence-electron chi connectivity index (χ2n) is 5.83. The van der Waals surface area contributed by atoms with Gasteiger partial charge in [0, 0.05) is 19.6 Å². The van der Waals surface area contributed by atoms with Crippen molar-refractivity contribution >= 4 is 11.7 Å². The van der Waals surface area contributed by atoms with E-state index in [9.17, 15) is 4.79 Å². The van der Waals surface area contributed by atoms with Gasteiger partial charge in [-0.2, -0.15) is 0 Å². The number of carbonyl (C=O) groups is 1. The van der Waals surface area contributed by atoms with Crippen LogP contribution in [-0.4, -0.2) is 34.1 Å². The van der Waals surface area contributed by atoms with E-state index in [0.29, 0.717) is 12.2 Å². The lowest BCUT2D eigenvalue weighted by molar-refractivity contribution is 0.0727. The molecule has 2 heterocycles. The molecule has 2 aromatic rings. The van der Waals surface area contributed by atoms with E-state index < -0.39 is 0 Å². The number of anilines is 1. The van der Waals surface area contributed by atoms with Gasteiger partial charge in [0.25, 0.3) is 5.91 Å². The van der Waals surface area contributed by atoms with Crippen molar-refractivity contribution in [2.75, 3.05) is 18.4 Å². The zero-order valence-electron chi connectivity index (χ0n) is 13.5. The molecule has 23 heavy (non-hydrogen) atoms. The van der Waals surface area contributed by atoms with Crippen LogP contribution in [-0.2, 0) is 13.0 Å². The zero-order chi connectivity index (χ0) is 16.1. The first-order chi connectivity index (χ1) is 11.3. The monoisotopic (exact) mass is 310 g/mol. The number of aromatic nitrogens is 2. The molecule has 5 heteroatoms. The maximum atomic E-state index is 12.6. The van der Waals surface area contributed by atoms with Crippen molar-refractivity contribution in [1.29, 1.82) is 0 Å². The highest BCUT2D eigenvalue weighted by molar-refractivity contribution is 5.92. The van der Waals surface area contributed by atoms with Crippen LogP contribution in [0.5, 0.6) is 0 Å². The van der Waals surface area contributed by atoms with Gasteiger partial charge in [0.15, 0.2) is 5.69 Å². The quantitative estimate of drug-likeness (QED) is 0.863. The Labute approximate surface area is 136 Å². The van der Waals surface area contributed by atoms with Crippen LogP contribution >= 0.6 is 0 Å². The fourth-order valence-corrected chi connectivity index (χ4v) is 2.76. The fraction of sp³-hybridized carbons (Fsp3) is 0.389. The lowest BCUT2D eigenvalue weighted by atomic mass is 10.00. The van der Waals surface area contributed by atoms with E-state index in [2.05, 4.69) is 34.6 Å². The molecule has 120 valence electrons. The number of unbranched alkanes of at least 4 members (excludes halogenated alkanes) is 1. The molecule has 1 aromatic carbocycles. The Balaban J connectivity index is 1.64. The summed E-state index contributed by atoms with van der Waals surface area (Å²) in [5, 5.41) is 11.4. The Morgan fingerprint density at radius 2 is 2.00 bits per heavy atom. The van der Waals surface area contributed by atoms with Crippen LogP contribution in [0.1, 0.15) is 41.4 Å². The first-order valence-electron chi connectivity index (χ1n) is 8.21. The summed E-state index contributed by atoms with van der Waals surface area (Å²) in [7, 11) is 0. The molecule has 1 aromatic heterocycles. The number of nitrogens with one attached hydrogen (secondary N) is 1. The minimum atomic E-state index is -0.0490. The summed E-state index contributed by atoms with van der Waals surface area (Å²) >= 11 is 0. The molecule has 3 rings (SSSR count). The zero-order valence-corrected chi connectivity index (χ0v) is 13.5. The number of carbonyl (C=O) groups excluding carboxylic acids is 1. The molecule has 1 amide bonds. The van der Waals surface area contributed by atoms with Crippen molar-refractivity contribution in [3.8, 4) is 0 Å². The molecule has 0 spiro atoms. The molecule has 1 aliphatic heterocycles. The van der Waals surface area contributed by atoms with Crippen LogP contribution in [0.4, 0.5) is 5.82 Å². The Morgan fingerprint density at radius 1 is 1.17 bits per heavy atom. The third-order valence-electron chi connectivity index (χ3n) is 4.14. The lowest BCUT2D eigenvalue weighted by Crippen LogP contribution is -2.36. The predicted molar refractivity (Wildman–Crippen MR) is 90.3 cm³/mol. The molecule has 0 saturated carbocycles. The van der Waals surface area contributed by atoms with Crippen molar-refractivity contribution in [3.63, 3.8) is 0 Å². The van der Waals surface area contributed by atoms with Crippen molar-refractivity contribution in [2.24, 2.45) is 0 Å². The third kappa shape index (κ3) is 3.67. The van der Waals surface area contributed by atoms with Crippen LogP contribution in [0, 0.1) is 0 Å². The largest absolute Gasteiger partial charge is 0.369 e. The maximum Gasteiger partial charge on any atom is 0.274 e. The summed E-state index contributed by atoms with van der Waals surface area (Å²) in [5.41, 5.74) is 2.96. The van der Waals surface area contributed by atoms with Gasteiger partial charge in [-0.05, 0) is 36.1 Å². The summed E-state index contributed by atoms with van der Waals surface area (Å²) in [6.07, 6.45) is 3.12. The van der Waals surface area contributed by atoms with E-state index in [1.54, 1.807) is 6.07 Å². The number of benzene rings is 1. The second kappa shape index (κ2) is 7.22. The summed E-state index contributed by atoms with van der Waals surface area (Å²) in [4.78, 5) is 14.4. The van der Waals surface area contributed by atoms with Gasteiger partial charge in [-0.25, -0.2) is 0 Å². The minimum absolute atomic E-state index is 0.0490. The minimum Gasteiger partial charge on any atom is -0.369 e. The molecule has 5 nitrogen and oxygen atoms in total. The molecule has 1 aliphatic rings. The number of hydrogen-bond acceptors (Lipinski definition) is 4. The highest BCUT2D eigenvalue weighted by Crippen LogP contribution is 2.19. The van der Waals surface area contributed by atoms with Crippen LogP contribution in [0.2, 0.25) is 0 Å². The maximum absolute atomic E-state index is 12.6. The van der Waals surface area contributed by atoms with Crippen LogP contribution in [0.3, 0.4) is 0 Å². The van der Waals surface area contributed by atoms with Gasteiger partial charge in [-0.15, -0.1) is 10.2 Å².